The van der Waals surface area contributed by atoms with E-state index in [0.29, 0.717) is 0 Å². The number of fused-ring (bicyclic) bond motifs is 3. The maximum atomic E-state index is 5.33. The minimum Gasteiger partial charge on any atom is -0.361 e. The van der Waals surface area contributed by atoms with Gasteiger partial charge in [-0.25, -0.2) is 4.98 Å². The fraction of sp³-hybridized carbons (Fsp3) is 0. The van der Waals surface area contributed by atoms with E-state index in [1.54, 1.807) is 0 Å². The van der Waals surface area contributed by atoms with Gasteiger partial charge in [-0.15, -0.1) is 0 Å². The summed E-state index contributed by atoms with van der Waals surface area (Å²) >= 11 is 0. The summed E-state index contributed by atoms with van der Waals surface area (Å²) in [6, 6.07) is 53.8. The zero-order chi connectivity index (χ0) is 25.3. The number of anilines is 2. The molecule has 6 aromatic rings. The Labute approximate surface area is 224 Å². The van der Waals surface area contributed by atoms with E-state index in [1.165, 1.54) is 27.6 Å². The Balaban J connectivity index is 1.52. The highest BCUT2D eigenvalue weighted by Crippen LogP contribution is 2.40. The van der Waals surface area contributed by atoms with Crippen LogP contribution in [0.1, 0.15) is 0 Å². The highest BCUT2D eigenvalue weighted by molar-refractivity contribution is 6.90. The van der Waals surface area contributed by atoms with Crippen LogP contribution in [0.3, 0.4) is 0 Å². The average molecular weight is 484 g/mol. The van der Waals surface area contributed by atoms with Gasteiger partial charge in [-0.05, 0) is 40.4 Å². The number of aromatic nitrogens is 1. The summed E-state index contributed by atoms with van der Waals surface area (Å²) in [4.78, 5) is 7.75. The molecule has 0 unspecified atom stereocenters. The van der Waals surface area contributed by atoms with Crippen LogP contribution in [0.2, 0.25) is 0 Å². The zero-order valence-corrected chi connectivity index (χ0v) is 20.9. The molecular formula is C35H25BN2. The molecule has 0 saturated heterocycles. The molecular weight excluding hydrogens is 459 g/mol. The highest BCUT2D eigenvalue weighted by Gasteiger charge is 2.37. The van der Waals surface area contributed by atoms with Gasteiger partial charge in [0.25, 0.3) is 0 Å². The molecule has 5 aromatic carbocycles. The van der Waals surface area contributed by atoms with Crippen molar-refractivity contribution >= 4 is 29.3 Å². The molecule has 7 rings (SSSR count). The minimum atomic E-state index is -0.00977. The monoisotopic (exact) mass is 484 g/mol. The molecule has 1 aliphatic heterocycles. The lowest BCUT2D eigenvalue weighted by atomic mass is 9.46. The predicted octanol–water partition coefficient (Wildman–Crippen LogP) is 7.34. The third-order valence-corrected chi connectivity index (χ3v) is 7.32. The Kier molecular flexibility index (Phi) is 5.60. The topological polar surface area (TPSA) is 16.1 Å². The second-order valence-corrected chi connectivity index (χ2v) is 9.62. The van der Waals surface area contributed by atoms with Crippen molar-refractivity contribution in [3.05, 3.63) is 152 Å². The molecule has 0 atom stereocenters. The molecule has 0 spiro atoms. The standard InChI is InChI=1S/C35H25BN2/c1-4-14-26(15-5-1)28-24-33(27-16-6-2-7-17-27)37-35(25-28)38-34-23-13-11-21-31(34)30-20-10-12-22-32(30)36(38)29-18-8-3-9-19-29/h1-25H. The molecule has 0 amide bonds. The highest BCUT2D eigenvalue weighted by atomic mass is 15.1. The maximum Gasteiger partial charge on any atom is 0.330 e. The van der Waals surface area contributed by atoms with E-state index in [0.717, 1.165) is 28.3 Å². The molecule has 0 bridgehead atoms. The Morgan fingerprint density at radius 3 is 1.79 bits per heavy atom. The summed E-state index contributed by atoms with van der Waals surface area (Å²) in [6.45, 7) is -0.00977. The van der Waals surface area contributed by atoms with Crippen molar-refractivity contribution in [2.75, 3.05) is 4.81 Å². The first-order chi connectivity index (χ1) is 18.9. The molecule has 1 aliphatic rings. The number of nitrogens with zero attached hydrogens (tertiary/aromatic N) is 2. The third kappa shape index (κ3) is 3.90. The van der Waals surface area contributed by atoms with Gasteiger partial charge in [0, 0.05) is 16.8 Å². The Morgan fingerprint density at radius 2 is 1.05 bits per heavy atom. The molecule has 178 valence electrons. The van der Waals surface area contributed by atoms with Crippen molar-refractivity contribution in [3.63, 3.8) is 0 Å². The van der Waals surface area contributed by atoms with Crippen molar-refractivity contribution in [2.24, 2.45) is 0 Å². The zero-order valence-electron chi connectivity index (χ0n) is 20.9. The number of rotatable bonds is 4. The van der Waals surface area contributed by atoms with Gasteiger partial charge in [0.2, 0.25) is 0 Å². The number of hydrogen-bond acceptors (Lipinski definition) is 2. The van der Waals surface area contributed by atoms with Gasteiger partial charge in [0.05, 0.1) is 5.69 Å². The van der Waals surface area contributed by atoms with Crippen LogP contribution < -0.4 is 15.7 Å². The molecule has 0 fully saturated rings. The summed E-state index contributed by atoms with van der Waals surface area (Å²) in [7, 11) is 0. The fourth-order valence-electron chi connectivity index (χ4n) is 5.58. The van der Waals surface area contributed by atoms with Crippen LogP contribution >= 0.6 is 0 Å². The molecule has 3 heteroatoms. The van der Waals surface area contributed by atoms with Crippen LogP contribution in [0.25, 0.3) is 33.5 Å². The van der Waals surface area contributed by atoms with E-state index in [-0.39, 0.29) is 6.85 Å². The third-order valence-electron chi connectivity index (χ3n) is 7.32. The Hall–Kier alpha value is -4.89. The molecule has 0 aliphatic carbocycles. The van der Waals surface area contributed by atoms with E-state index in [1.807, 2.05) is 0 Å². The fourth-order valence-corrected chi connectivity index (χ4v) is 5.58. The van der Waals surface area contributed by atoms with E-state index in [4.69, 9.17) is 4.98 Å². The van der Waals surface area contributed by atoms with Gasteiger partial charge in [0.1, 0.15) is 5.82 Å². The largest absolute Gasteiger partial charge is 0.361 e. The first-order valence-corrected chi connectivity index (χ1v) is 13.0. The summed E-state index contributed by atoms with van der Waals surface area (Å²) in [5.41, 5.74) is 10.6. The van der Waals surface area contributed by atoms with Crippen molar-refractivity contribution in [1.82, 2.24) is 4.98 Å². The summed E-state index contributed by atoms with van der Waals surface area (Å²) in [5.74, 6) is 0.931. The first kappa shape index (κ1) is 22.3. The minimum absolute atomic E-state index is 0.00977. The molecule has 38 heavy (non-hydrogen) atoms. The number of pyridine rings is 1. The van der Waals surface area contributed by atoms with Gasteiger partial charge in [-0.3, -0.25) is 0 Å². The van der Waals surface area contributed by atoms with Crippen molar-refractivity contribution in [1.29, 1.82) is 0 Å². The second kappa shape index (κ2) is 9.53. The molecule has 2 nitrogen and oxygen atoms in total. The Morgan fingerprint density at radius 1 is 0.474 bits per heavy atom. The molecule has 0 N–H and O–H groups in total. The number of para-hydroxylation sites is 1. The van der Waals surface area contributed by atoms with Crippen molar-refractivity contribution in [3.8, 4) is 33.5 Å². The van der Waals surface area contributed by atoms with Gasteiger partial charge in [-0.2, -0.15) is 0 Å². The van der Waals surface area contributed by atoms with E-state index < -0.39 is 0 Å². The molecule has 0 radical (unpaired) electrons. The second-order valence-electron chi connectivity index (χ2n) is 9.62. The van der Waals surface area contributed by atoms with Crippen LogP contribution in [-0.4, -0.2) is 11.8 Å². The molecule has 2 heterocycles. The quantitative estimate of drug-likeness (QED) is 0.244. The smallest absolute Gasteiger partial charge is 0.330 e. The predicted molar refractivity (Wildman–Crippen MR) is 161 cm³/mol. The number of benzene rings is 5. The van der Waals surface area contributed by atoms with Gasteiger partial charge >= 0.3 is 6.85 Å². The molecule has 1 aromatic heterocycles. The lowest BCUT2D eigenvalue weighted by Gasteiger charge is -2.38. The van der Waals surface area contributed by atoms with E-state index >= 15 is 0 Å². The van der Waals surface area contributed by atoms with Crippen LogP contribution in [0.15, 0.2) is 152 Å². The van der Waals surface area contributed by atoms with Crippen molar-refractivity contribution < 1.29 is 0 Å². The lowest BCUT2D eigenvalue weighted by molar-refractivity contribution is 1.23. The molecule has 0 saturated carbocycles. The summed E-state index contributed by atoms with van der Waals surface area (Å²) in [6.07, 6.45) is 0. The average Bonchev–Trinajstić information content (AvgIpc) is 3.01. The van der Waals surface area contributed by atoms with E-state index in [2.05, 4.69) is 156 Å². The lowest BCUT2D eigenvalue weighted by Crippen LogP contribution is -2.57. The van der Waals surface area contributed by atoms with Crippen LogP contribution in [-0.2, 0) is 0 Å². The van der Waals surface area contributed by atoms with Crippen LogP contribution in [0.5, 0.6) is 0 Å². The van der Waals surface area contributed by atoms with Crippen LogP contribution in [0, 0.1) is 0 Å². The Bertz CT molecular complexity index is 1660. The van der Waals surface area contributed by atoms with Gasteiger partial charge in [-0.1, -0.05) is 139 Å². The SMILES string of the molecule is c1ccc(B2c3ccccc3-c3ccccc3N2c2cc(-c3ccccc3)cc(-c3ccccc3)n2)cc1. The first-order valence-electron chi connectivity index (χ1n) is 13.0. The van der Waals surface area contributed by atoms with Crippen molar-refractivity contribution in [2.45, 2.75) is 0 Å². The van der Waals surface area contributed by atoms with Gasteiger partial charge < -0.3 is 4.81 Å². The number of hydrogen-bond donors (Lipinski definition) is 0. The van der Waals surface area contributed by atoms with E-state index in [9.17, 15) is 0 Å². The maximum absolute atomic E-state index is 5.33. The van der Waals surface area contributed by atoms with Gasteiger partial charge in [0.15, 0.2) is 0 Å². The normalized spacial score (nSPS) is 12.1. The summed E-state index contributed by atoms with van der Waals surface area (Å²) in [5, 5.41) is 0. The van der Waals surface area contributed by atoms with Crippen LogP contribution in [0.4, 0.5) is 11.5 Å². The summed E-state index contributed by atoms with van der Waals surface area (Å²) < 4.78 is 0.